The Bertz CT molecular complexity index is 362. The van der Waals surface area contributed by atoms with Crippen molar-refractivity contribution in [2.24, 2.45) is 0 Å². The van der Waals surface area contributed by atoms with E-state index in [2.05, 4.69) is 0 Å². The number of rotatable bonds is 6. The number of carboxylic acids is 1. The van der Waals surface area contributed by atoms with Gasteiger partial charge in [0.15, 0.2) is 0 Å². The van der Waals surface area contributed by atoms with E-state index in [1.54, 1.807) is 11.8 Å². The first-order valence-electron chi connectivity index (χ1n) is 6.39. The minimum Gasteiger partial charge on any atom is -0.480 e. The van der Waals surface area contributed by atoms with Crippen LogP contribution in [0.15, 0.2) is 0 Å². The third kappa shape index (κ3) is 4.12. The number of thioether (sulfide) groups is 1. The fourth-order valence-electron chi connectivity index (χ4n) is 2.01. The number of hydrogen-bond acceptors (Lipinski definition) is 4. The van der Waals surface area contributed by atoms with Crippen molar-refractivity contribution in [3.8, 4) is 0 Å². The fraction of sp³-hybridized carbons (Fsp3) is 0.750. The summed E-state index contributed by atoms with van der Waals surface area (Å²) >= 11 is 1.53. The van der Waals surface area contributed by atoms with Gasteiger partial charge in [0.05, 0.1) is 5.88 Å². The topological polar surface area (TPSA) is 77.9 Å². The van der Waals surface area contributed by atoms with E-state index in [1.165, 1.54) is 16.7 Å². The normalized spacial score (nSPS) is 18.4. The van der Waals surface area contributed by atoms with Crippen LogP contribution in [0, 0.1) is 0 Å². The van der Waals surface area contributed by atoms with Crippen molar-refractivity contribution in [3.63, 3.8) is 0 Å². The van der Waals surface area contributed by atoms with Crippen LogP contribution < -0.4 is 0 Å². The van der Waals surface area contributed by atoms with Crippen LogP contribution in [0.2, 0.25) is 0 Å². The Morgan fingerprint density at radius 2 is 2.05 bits per heavy atom. The number of aliphatic carboxylic acids is 1. The molecule has 7 heteroatoms. The number of carboxylic acid groups (broad SMARTS) is 1. The Balaban J connectivity index is 2.77. The lowest BCUT2D eigenvalue weighted by molar-refractivity contribution is -0.148. The Hall–Kier alpha value is -1.24. The molecule has 1 unspecified atom stereocenters. The van der Waals surface area contributed by atoms with Crippen LogP contribution in [0.1, 0.15) is 26.7 Å². The molecule has 0 aromatic heterocycles. The van der Waals surface area contributed by atoms with Gasteiger partial charge in [0.2, 0.25) is 11.8 Å². The zero-order valence-corrected chi connectivity index (χ0v) is 12.1. The van der Waals surface area contributed by atoms with Gasteiger partial charge in [-0.15, -0.1) is 11.8 Å². The molecule has 19 heavy (non-hydrogen) atoms. The van der Waals surface area contributed by atoms with Crippen molar-refractivity contribution in [2.45, 2.75) is 32.7 Å². The maximum atomic E-state index is 12.4. The SMILES string of the molecule is CCCN(CC(=O)O)C(=O)C1CSCN1C(=O)CC. The summed E-state index contributed by atoms with van der Waals surface area (Å²) in [4.78, 5) is 37.8. The molecule has 1 aliphatic rings. The van der Waals surface area contributed by atoms with Crippen LogP contribution in [-0.2, 0) is 14.4 Å². The molecule has 6 nitrogen and oxygen atoms in total. The predicted molar refractivity (Wildman–Crippen MR) is 72.8 cm³/mol. The van der Waals surface area contributed by atoms with Crippen molar-refractivity contribution >= 4 is 29.5 Å². The van der Waals surface area contributed by atoms with Crippen LogP contribution in [0.25, 0.3) is 0 Å². The monoisotopic (exact) mass is 288 g/mol. The zero-order valence-electron chi connectivity index (χ0n) is 11.3. The quantitative estimate of drug-likeness (QED) is 0.775. The molecule has 0 aromatic rings. The molecule has 0 radical (unpaired) electrons. The number of carbonyl (C=O) groups is 3. The Labute approximate surface area is 117 Å². The molecular weight excluding hydrogens is 268 g/mol. The minimum atomic E-state index is -1.03. The standard InChI is InChI=1S/C12H20N2O4S/c1-3-5-13(6-11(16)17)12(18)9-7-19-8-14(9)10(15)4-2/h9H,3-8H2,1-2H3,(H,16,17). The number of carbonyl (C=O) groups excluding carboxylic acids is 2. The third-order valence-corrected chi connectivity index (χ3v) is 3.93. The van der Waals surface area contributed by atoms with Crippen molar-refractivity contribution in [1.29, 1.82) is 0 Å². The molecule has 0 bridgehead atoms. The highest BCUT2D eigenvalue weighted by atomic mass is 32.2. The van der Waals surface area contributed by atoms with E-state index in [-0.39, 0.29) is 18.4 Å². The highest BCUT2D eigenvalue weighted by Gasteiger charge is 2.36. The van der Waals surface area contributed by atoms with Crippen LogP contribution in [0.5, 0.6) is 0 Å². The summed E-state index contributed by atoms with van der Waals surface area (Å²) in [5, 5.41) is 8.84. The maximum Gasteiger partial charge on any atom is 0.323 e. The average molecular weight is 288 g/mol. The fourth-order valence-corrected chi connectivity index (χ4v) is 3.18. The average Bonchev–Trinajstić information content (AvgIpc) is 2.85. The second-order valence-corrected chi connectivity index (χ2v) is 5.39. The second kappa shape index (κ2) is 7.37. The molecular formula is C12H20N2O4S. The summed E-state index contributed by atoms with van der Waals surface area (Å²) in [5.74, 6) is -0.285. The molecule has 0 spiro atoms. The van der Waals surface area contributed by atoms with Crippen molar-refractivity contribution in [1.82, 2.24) is 9.80 Å². The highest BCUT2D eigenvalue weighted by molar-refractivity contribution is 7.99. The van der Waals surface area contributed by atoms with Gasteiger partial charge >= 0.3 is 5.97 Å². The Kier molecular flexibility index (Phi) is 6.14. The number of amides is 2. The van der Waals surface area contributed by atoms with Gasteiger partial charge in [0.25, 0.3) is 0 Å². The summed E-state index contributed by atoms with van der Waals surface area (Å²) in [5.41, 5.74) is 0. The van der Waals surface area contributed by atoms with Crippen molar-refractivity contribution < 1.29 is 19.5 Å². The van der Waals surface area contributed by atoms with Gasteiger partial charge in [0, 0.05) is 18.7 Å². The molecule has 1 N–H and O–H groups in total. The molecule has 1 aliphatic heterocycles. The first-order chi connectivity index (χ1) is 9.01. The summed E-state index contributed by atoms with van der Waals surface area (Å²) in [7, 11) is 0. The molecule has 1 atom stereocenters. The number of hydrogen-bond donors (Lipinski definition) is 1. The van der Waals surface area contributed by atoms with Crippen LogP contribution in [0.3, 0.4) is 0 Å². The predicted octanol–water partition coefficient (Wildman–Crippen LogP) is 0.621. The summed E-state index contributed by atoms with van der Waals surface area (Å²) in [6.45, 7) is 3.75. The molecule has 0 aromatic carbocycles. The highest BCUT2D eigenvalue weighted by Crippen LogP contribution is 2.23. The van der Waals surface area contributed by atoms with Crippen LogP contribution in [-0.4, -0.2) is 63.5 Å². The molecule has 0 saturated carbocycles. The van der Waals surface area contributed by atoms with Gasteiger partial charge in [0.1, 0.15) is 12.6 Å². The van der Waals surface area contributed by atoms with E-state index in [0.717, 1.165) is 0 Å². The molecule has 0 aliphatic carbocycles. The lowest BCUT2D eigenvalue weighted by Gasteiger charge is -2.28. The van der Waals surface area contributed by atoms with E-state index in [9.17, 15) is 14.4 Å². The summed E-state index contributed by atoms with van der Waals surface area (Å²) in [6.07, 6.45) is 1.05. The summed E-state index contributed by atoms with van der Waals surface area (Å²) in [6, 6.07) is -0.511. The van der Waals surface area contributed by atoms with E-state index >= 15 is 0 Å². The van der Waals surface area contributed by atoms with E-state index < -0.39 is 12.0 Å². The largest absolute Gasteiger partial charge is 0.480 e. The maximum absolute atomic E-state index is 12.4. The van der Waals surface area contributed by atoms with Gasteiger partial charge < -0.3 is 14.9 Å². The van der Waals surface area contributed by atoms with E-state index in [0.29, 0.717) is 31.0 Å². The van der Waals surface area contributed by atoms with Crippen molar-refractivity contribution in [3.05, 3.63) is 0 Å². The van der Waals surface area contributed by atoms with Gasteiger partial charge in [-0.25, -0.2) is 0 Å². The molecule has 1 heterocycles. The Morgan fingerprint density at radius 1 is 1.37 bits per heavy atom. The Morgan fingerprint density at radius 3 is 2.58 bits per heavy atom. The van der Waals surface area contributed by atoms with Gasteiger partial charge in [-0.1, -0.05) is 13.8 Å². The first kappa shape index (κ1) is 15.8. The molecule has 108 valence electrons. The van der Waals surface area contributed by atoms with Crippen LogP contribution >= 0.6 is 11.8 Å². The van der Waals surface area contributed by atoms with Crippen LogP contribution in [0.4, 0.5) is 0 Å². The molecule has 1 fully saturated rings. The lowest BCUT2D eigenvalue weighted by Crippen LogP contribution is -2.50. The van der Waals surface area contributed by atoms with Gasteiger partial charge in [-0.2, -0.15) is 0 Å². The third-order valence-electron chi connectivity index (χ3n) is 2.92. The smallest absolute Gasteiger partial charge is 0.323 e. The second-order valence-electron chi connectivity index (χ2n) is 4.39. The zero-order chi connectivity index (χ0) is 14.4. The number of nitrogens with zero attached hydrogens (tertiary/aromatic N) is 2. The first-order valence-corrected chi connectivity index (χ1v) is 7.54. The van der Waals surface area contributed by atoms with Gasteiger partial charge in [-0.05, 0) is 6.42 Å². The van der Waals surface area contributed by atoms with Gasteiger partial charge in [-0.3, -0.25) is 14.4 Å². The lowest BCUT2D eigenvalue weighted by atomic mass is 10.2. The van der Waals surface area contributed by atoms with Crippen molar-refractivity contribution in [2.75, 3.05) is 24.7 Å². The molecule has 1 rings (SSSR count). The molecule has 1 saturated heterocycles. The minimum absolute atomic E-state index is 0.0601. The van der Waals surface area contributed by atoms with E-state index in [1.807, 2.05) is 6.92 Å². The summed E-state index contributed by atoms with van der Waals surface area (Å²) < 4.78 is 0. The van der Waals surface area contributed by atoms with E-state index in [4.69, 9.17) is 5.11 Å². The molecule has 2 amide bonds.